The topological polar surface area (TPSA) is 34.9 Å². The minimum atomic E-state index is -1.01. The van der Waals surface area contributed by atoms with Gasteiger partial charge in [-0.3, -0.25) is 4.79 Å². The van der Waals surface area contributed by atoms with Gasteiger partial charge in [-0.15, -0.1) is 0 Å². The number of imidazole rings is 1. The first-order chi connectivity index (χ1) is 8.99. The Labute approximate surface area is 113 Å². The molecule has 0 saturated carbocycles. The van der Waals surface area contributed by atoms with Crippen molar-refractivity contribution in [2.24, 2.45) is 7.05 Å². The first-order valence-corrected chi connectivity index (χ1v) is 6.50. The van der Waals surface area contributed by atoms with Crippen molar-refractivity contribution in [3.63, 3.8) is 0 Å². The number of hydrogen-bond acceptors (Lipinski definition) is 3. The van der Waals surface area contributed by atoms with Gasteiger partial charge in [0, 0.05) is 25.0 Å². The molecule has 0 aliphatic heterocycles. The number of aryl methyl sites for hydroxylation is 1. The fourth-order valence-electron chi connectivity index (χ4n) is 1.56. The van der Waals surface area contributed by atoms with Crippen LogP contribution in [0.15, 0.2) is 35.7 Å². The van der Waals surface area contributed by atoms with Crippen LogP contribution >= 0.6 is 11.8 Å². The molecule has 0 fully saturated rings. The molecule has 0 amide bonds. The SMILES string of the molecule is C[C@@H](Sc1nccn1C)C(=O)c1ccc(F)c(F)c1. The van der Waals surface area contributed by atoms with E-state index in [9.17, 15) is 13.6 Å². The first-order valence-electron chi connectivity index (χ1n) is 5.62. The number of ketones is 1. The van der Waals surface area contributed by atoms with Gasteiger partial charge in [0.05, 0.1) is 5.25 Å². The number of aromatic nitrogens is 2. The highest BCUT2D eigenvalue weighted by Crippen LogP contribution is 2.24. The van der Waals surface area contributed by atoms with Gasteiger partial charge in [0.25, 0.3) is 0 Å². The quantitative estimate of drug-likeness (QED) is 0.638. The Hall–Kier alpha value is -1.69. The summed E-state index contributed by atoms with van der Waals surface area (Å²) in [5, 5.41) is 0.273. The standard InChI is InChI=1S/C13H12F2N2OS/c1-8(19-13-16-5-6-17(13)2)12(18)9-3-4-10(14)11(15)7-9/h3-8H,1-2H3/t8-/m1/s1. The maximum atomic E-state index is 13.1. The van der Waals surface area contributed by atoms with Crippen LogP contribution in [0.1, 0.15) is 17.3 Å². The predicted molar refractivity (Wildman–Crippen MR) is 69.2 cm³/mol. The molecule has 0 aliphatic carbocycles. The second-order valence-electron chi connectivity index (χ2n) is 4.07. The molecule has 3 nitrogen and oxygen atoms in total. The number of Topliss-reactive ketones (excluding diaryl/α,β-unsaturated/α-hetero) is 1. The van der Waals surface area contributed by atoms with E-state index < -0.39 is 16.9 Å². The molecule has 1 aromatic carbocycles. The molecule has 0 N–H and O–H groups in total. The number of hydrogen-bond donors (Lipinski definition) is 0. The average molecular weight is 282 g/mol. The van der Waals surface area contributed by atoms with Crippen molar-refractivity contribution in [2.75, 3.05) is 0 Å². The smallest absolute Gasteiger partial charge is 0.176 e. The molecule has 100 valence electrons. The average Bonchev–Trinajstić information content (AvgIpc) is 2.77. The van der Waals surface area contributed by atoms with Crippen molar-refractivity contribution in [3.05, 3.63) is 47.8 Å². The van der Waals surface area contributed by atoms with Crippen LogP contribution in [-0.2, 0) is 7.05 Å². The Kier molecular flexibility index (Phi) is 3.99. The monoisotopic (exact) mass is 282 g/mol. The molecule has 6 heteroatoms. The summed E-state index contributed by atoms with van der Waals surface area (Å²) in [6.07, 6.45) is 3.41. The lowest BCUT2D eigenvalue weighted by atomic mass is 10.1. The molecule has 1 aromatic heterocycles. The number of carbonyl (C=O) groups is 1. The van der Waals surface area contributed by atoms with E-state index in [1.807, 2.05) is 7.05 Å². The molecule has 2 rings (SSSR count). The molecule has 1 heterocycles. The minimum Gasteiger partial charge on any atom is -0.329 e. The van der Waals surface area contributed by atoms with E-state index in [-0.39, 0.29) is 11.3 Å². The number of thioether (sulfide) groups is 1. The lowest BCUT2D eigenvalue weighted by Gasteiger charge is -2.10. The molecule has 2 aromatic rings. The third-order valence-electron chi connectivity index (χ3n) is 2.63. The Balaban J connectivity index is 2.15. The molecular formula is C13H12F2N2OS. The van der Waals surface area contributed by atoms with Gasteiger partial charge in [-0.25, -0.2) is 13.8 Å². The largest absolute Gasteiger partial charge is 0.329 e. The Bertz CT molecular complexity index is 612. The summed E-state index contributed by atoms with van der Waals surface area (Å²) in [4.78, 5) is 16.2. The van der Waals surface area contributed by atoms with Crippen molar-refractivity contribution in [1.82, 2.24) is 9.55 Å². The molecule has 0 saturated heterocycles. The highest BCUT2D eigenvalue weighted by molar-refractivity contribution is 8.00. The van der Waals surface area contributed by atoms with Crippen LogP contribution in [0.4, 0.5) is 8.78 Å². The Morgan fingerprint density at radius 3 is 2.68 bits per heavy atom. The zero-order valence-corrected chi connectivity index (χ0v) is 11.2. The van der Waals surface area contributed by atoms with E-state index in [1.54, 1.807) is 23.9 Å². The van der Waals surface area contributed by atoms with Crippen molar-refractivity contribution in [3.8, 4) is 0 Å². The van der Waals surface area contributed by atoms with Gasteiger partial charge in [-0.2, -0.15) is 0 Å². The zero-order valence-electron chi connectivity index (χ0n) is 10.4. The van der Waals surface area contributed by atoms with Crippen molar-refractivity contribution in [1.29, 1.82) is 0 Å². The van der Waals surface area contributed by atoms with Gasteiger partial charge in [-0.1, -0.05) is 11.8 Å². The summed E-state index contributed by atoms with van der Waals surface area (Å²) in [6, 6.07) is 3.17. The van der Waals surface area contributed by atoms with Crippen LogP contribution in [0.2, 0.25) is 0 Å². The lowest BCUT2D eigenvalue weighted by Crippen LogP contribution is -2.14. The Morgan fingerprint density at radius 1 is 1.37 bits per heavy atom. The third-order valence-corrected chi connectivity index (χ3v) is 3.80. The molecule has 1 atom stereocenters. The van der Waals surface area contributed by atoms with Gasteiger partial charge in [0.1, 0.15) is 0 Å². The highest BCUT2D eigenvalue weighted by atomic mass is 32.2. The fraction of sp³-hybridized carbons (Fsp3) is 0.231. The second-order valence-corrected chi connectivity index (χ2v) is 5.38. The number of benzene rings is 1. The zero-order chi connectivity index (χ0) is 14.0. The van der Waals surface area contributed by atoms with Crippen LogP contribution in [-0.4, -0.2) is 20.6 Å². The van der Waals surface area contributed by atoms with E-state index in [0.29, 0.717) is 5.16 Å². The van der Waals surface area contributed by atoms with E-state index in [2.05, 4.69) is 4.98 Å². The highest BCUT2D eigenvalue weighted by Gasteiger charge is 2.19. The molecule has 0 aliphatic rings. The van der Waals surface area contributed by atoms with Gasteiger partial charge in [0.2, 0.25) is 0 Å². The van der Waals surface area contributed by atoms with Crippen molar-refractivity contribution >= 4 is 17.5 Å². The summed E-state index contributed by atoms with van der Waals surface area (Å²) in [5.74, 6) is -2.23. The van der Waals surface area contributed by atoms with Gasteiger partial charge in [0.15, 0.2) is 22.6 Å². The summed E-state index contributed by atoms with van der Waals surface area (Å²) in [6.45, 7) is 1.71. The van der Waals surface area contributed by atoms with Gasteiger partial charge >= 0.3 is 0 Å². The molecule has 0 unspecified atom stereocenters. The molecule has 0 radical (unpaired) electrons. The van der Waals surface area contributed by atoms with Crippen LogP contribution in [0, 0.1) is 11.6 Å². The molecule has 0 bridgehead atoms. The predicted octanol–water partition coefficient (Wildman–Crippen LogP) is 3.06. The van der Waals surface area contributed by atoms with Gasteiger partial charge in [-0.05, 0) is 25.1 Å². The van der Waals surface area contributed by atoms with Gasteiger partial charge < -0.3 is 4.57 Å². The fourth-order valence-corrected chi connectivity index (χ4v) is 2.47. The number of rotatable bonds is 4. The third kappa shape index (κ3) is 3.01. The van der Waals surface area contributed by atoms with Crippen LogP contribution in [0.25, 0.3) is 0 Å². The van der Waals surface area contributed by atoms with Crippen molar-refractivity contribution in [2.45, 2.75) is 17.3 Å². The van der Waals surface area contributed by atoms with Crippen LogP contribution in [0.5, 0.6) is 0 Å². The van der Waals surface area contributed by atoms with Crippen molar-refractivity contribution < 1.29 is 13.6 Å². The van der Waals surface area contributed by atoms with E-state index in [0.717, 1.165) is 12.1 Å². The van der Waals surface area contributed by atoms with Crippen LogP contribution < -0.4 is 0 Å². The summed E-state index contributed by atoms with van der Waals surface area (Å²) in [5.41, 5.74) is 0.160. The van der Waals surface area contributed by atoms with E-state index in [4.69, 9.17) is 0 Å². The summed E-state index contributed by atoms with van der Waals surface area (Å²) in [7, 11) is 1.82. The normalized spacial score (nSPS) is 12.4. The Morgan fingerprint density at radius 2 is 2.11 bits per heavy atom. The number of carbonyl (C=O) groups excluding carboxylic acids is 1. The number of halogens is 2. The van der Waals surface area contributed by atoms with E-state index >= 15 is 0 Å². The minimum absolute atomic E-state index is 0.160. The summed E-state index contributed by atoms with van der Waals surface area (Å²) >= 11 is 1.28. The molecule has 0 spiro atoms. The maximum Gasteiger partial charge on any atom is 0.176 e. The lowest BCUT2D eigenvalue weighted by molar-refractivity contribution is 0.0993. The molecule has 19 heavy (non-hydrogen) atoms. The number of nitrogens with zero attached hydrogens (tertiary/aromatic N) is 2. The van der Waals surface area contributed by atoms with E-state index in [1.165, 1.54) is 17.8 Å². The summed E-state index contributed by atoms with van der Waals surface area (Å²) < 4.78 is 27.7. The first kappa shape index (κ1) is 13.7. The second kappa shape index (κ2) is 5.52. The maximum absolute atomic E-state index is 13.1. The van der Waals surface area contributed by atoms with Crippen LogP contribution in [0.3, 0.4) is 0 Å². The molecular weight excluding hydrogens is 270 g/mol.